The van der Waals surface area contributed by atoms with Gasteiger partial charge in [0.2, 0.25) is 5.91 Å². The third-order valence-electron chi connectivity index (χ3n) is 3.10. The van der Waals surface area contributed by atoms with E-state index in [0.29, 0.717) is 16.4 Å². The molecule has 2 aromatic rings. The lowest BCUT2D eigenvalue weighted by molar-refractivity contribution is -0.114. The molecule has 124 valence electrons. The van der Waals surface area contributed by atoms with Crippen LogP contribution in [0.15, 0.2) is 47.6 Å². The van der Waals surface area contributed by atoms with Crippen LogP contribution in [0.1, 0.15) is 29.8 Å². The molecule has 0 saturated carbocycles. The van der Waals surface area contributed by atoms with Crippen LogP contribution in [-0.4, -0.2) is 17.5 Å². The minimum absolute atomic E-state index is 0.160. The average Bonchev–Trinajstić information content (AvgIpc) is 2.52. The predicted octanol–water partition coefficient (Wildman–Crippen LogP) is 4.11. The number of amides is 2. The van der Waals surface area contributed by atoms with Crippen molar-refractivity contribution in [3.05, 3.63) is 63.6 Å². The Hall–Kier alpha value is -2.37. The predicted molar refractivity (Wildman–Crippen MR) is 96.9 cm³/mol. The average molecular weight is 364 g/mol. The van der Waals surface area contributed by atoms with Gasteiger partial charge in [0.25, 0.3) is 5.91 Å². The first kappa shape index (κ1) is 18.0. The largest absolute Gasteiger partial charge is 0.326 e. The zero-order valence-corrected chi connectivity index (χ0v) is 14.6. The molecule has 5 nitrogen and oxygen atoms in total. The summed E-state index contributed by atoms with van der Waals surface area (Å²) in [5.74, 6) is -0.596. The summed E-state index contributed by atoms with van der Waals surface area (Å²) in [5, 5.41) is 7.46. The Morgan fingerprint density at radius 1 is 1.04 bits per heavy atom. The lowest BCUT2D eigenvalue weighted by Gasteiger charge is -2.07. The number of carbonyl (C=O) groups excluding carboxylic acids is 2. The number of hydrogen-bond donors (Lipinski definition) is 2. The van der Waals surface area contributed by atoms with Crippen LogP contribution in [0.3, 0.4) is 0 Å². The molecule has 0 aromatic heterocycles. The number of hydrogen-bond acceptors (Lipinski definition) is 3. The lowest BCUT2D eigenvalue weighted by Crippen LogP contribution is -2.19. The number of nitrogens with zero attached hydrogens (tertiary/aromatic N) is 1. The highest BCUT2D eigenvalue weighted by molar-refractivity contribution is 6.36. The number of benzene rings is 2. The Morgan fingerprint density at radius 2 is 1.79 bits per heavy atom. The van der Waals surface area contributed by atoms with Crippen molar-refractivity contribution < 1.29 is 9.59 Å². The van der Waals surface area contributed by atoms with Gasteiger partial charge in [-0.25, -0.2) is 5.43 Å². The van der Waals surface area contributed by atoms with E-state index in [1.807, 2.05) is 6.07 Å². The van der Waals surface area contributed by atoms with Crippen molar-refractivity contribution in [2.45, 2.75) is 13.8 Å². The van der Waals surface area contributed by atoms with E-state index in [1.54, 1.807) is 31.2 Å². The number of rotatable bonds is 4. The van der Waals surface area contributed by atoms with Gasteiger partial charge in [-0.1, -0.05) is 35.3 Å². The minimum atomic E-state index is -0.436. The maximum absolute atomic E-state index is 12.1. The summed E-state index contributed by atoms with van der Waals surface area (Å²) in [6.45, 7) is 3.18. The molecule has 0 bridgehead atoms. The highest BCUT2D eigenvalue weighted by Crippen LogP contribution is 2.20. The van der Waals surface area contributed by atoms with Crippen molar-refractivity contribution >= 4 is 46.4 Å². The van der Waals surface area contributed by atoms with Crippen LogP contribution < -0.4 is 10.7 Å². The monoisotopic (exact) mass is 363 g/mol. The second-order valence-electron chi connectivity index (χ2n) is 5.02. The molecule has 2 rings (SSSR count). The van der Waals surface area contributed by atoms with E-state index in [9.17, 15) is 9.59 Å². The molecule has 0 saturated heterocycles. The number of nitrogens with one attached hydrogen (secondary N) is 2. The maximum Gasteiger partial charge on any atom is 0.272 e. The molecule has 0 unspecified atom stereocenters. The topological polar surface area (TPSA) is 70.6 Å². The van der Waals surface area contributed by atoms with Crippen LogP contribution in [0.2, 0.25) is 10.0 Å². The second kappa shape index (κ2) is 7.95. The molecule has 0 atom stereocenters. The van der Waals surface area contributed by atoms with Gasteiger partial charge in [0, 0.05) is 17.6 Å². The quantitative estimate of drug-likeness (QED) is 0.633. The normalized spacial score (nSPS) is 11.1. The van der Waals surface area contributed by atoms with Gasteiger partial charge >= 0.3 is 0 Å². The van der Waals surface area contributed by atoms with Crippen LogP contribution in [0.5, 0.6) is 0 Å². The van der Waals surface area contributed by atoms with Crippen LogP contribution in [0, 0.1) is 0 Å². The number of halogens is 2. The van der Waals surface area contributed by atoms with Crippen LogP contribution in [0.25, 0.3) is 0 Å². The third kappa shape index (κ3) is 4.81. The highest BCUT2D eigenvalue weighted by Gasteiger charge is 2.10. The standard InChI is InChI=1S/C17H15Cl2N3O2/c1-10(12-4-3-5-14(8-12)20-11(2)23)21-22-17(24)15-7-6-13(18)9-16(15)19/h3-9H,1-2H3,(H,20,23)(H,22,24)/b21-10-. The molecule has 2 N–H and O–H groups in total. The number of anilines is 1. The van der Waals surface area contributed by atoms with Crippen molar-refractivity contribution in [3.63, 3.8) is 0 Å². The Kier molecular flexibility index (Phi) is 5.95. The van der Waals surface area contributed by atoms with Crippen molar-refractivity contribution in [1.29, 1.82) is 0 Å². The van der Waals surface area contributed by atoms with Crippen LogP contribution in [-0.2, 0) is 4.79 Å². The van der Waals surface area contributed by atoms with Crippen molar-refractivity contribution in [3.8, 4) is 0 Å². The van der Waals surface area contributed by atoms with Gasteiger partial charge in [-0.05, 0) is 42.8 Å². The number of carbonyl (C=O) groups is 2. The maximum atomic E-state index is 12.1. The second-order valence-corrected chi connectivity index (χ2v) is 5.87. The van der Waals surface area contributed by atoms with Gasteiger partial charge in [-0.3, -0.25) is 9.59 Å². The first-order valence-electron chi connectivity index (χ1n) is 7.04. The fourth-order valence-electron chi connectivity index (χ4n) is 1.96. The summed E-state index contributed by atoms with van der Waals surface area (Å²) in [7, 11) is 0. The summed E-state index contributed by atoms with van der Waals surface area (Å²) in [5.41, 5.74) is 4.74. The molecule has 0 radical (unpaired) electrons. The molecular formula is C17H15Cl2N3O2. The Morgan fingerprint density at radius 3 is 2.46 bits per heavy atom. The van der Waals surface area contributed by atoms with E-state index in [4.69, 9.17) is 23.2 Å². The molecular weight excluding hydrogens is 349 g/mol. The van der Waals surface area contributed by atoms with Gasteiger partial charge in [0.1, 0.15) is 0 Å². The van der Waals surface area contributed by atoms with Crippen LogP contribution >= 0.6 is 23.2 Å². The van der Waals surface area contributed by atoms with Gasteiger partial charge in [0.05, 0.1) is 16.3 Å². The smallest absolute Gasteiger partial charge is 0.272 e. The number of hydrazone groups is 1. The van der Waals surface area contributed by atoms with E-state index < -0.39 is 5.91 Å². The molecule has 0 fully saturated rings. The molecule has 24 heavy (non-hydrogen) atoms. The van der Waals surface area contributed by atoms with Crippen LogP contribution in [0.4, 0.5) is 5.69 Å². The first-order valence-corrected chi connectivity index (χ1v) is 7.80. The SMILES string of the molecule is CC(=O)Nc1cccc(/C(C)=N\NC(=O)c2ccc(Cl)cc2Cl)c1. The summed E-state index contributed by atoms with van der Waals surface area (Å²) >= 11 is 11.8. The van der Waals surface area contributed by atoms with Gasteiger partial charge in [-0.15, -0.1) is 0 Å². The zero-order valence-electron chi connectivity index (χ0n) is 13.1. The fraction of sp³-hybridized carbons (Fsp3) is 0.118. The summed E-state index contributed by atoms with van der Waals surface area (Å²) < 4.78 is 0. The van der Waals surface area contributed by atoms with Crippen molar-refractivity contribution in [1.82, 2.24) is 5.43 Å². The molecule has 0 heterocycles. The molecule has 0 aliphatic heterocycles. The zero-order chi connectivity index (χ0) is 17.7. The van der Waals surface area contributed by atoms with Gasteiger partial charge in [0.15, 0.2) is 0 Å². The molecule has 0 aliphatic carbocycles. The summed E-state index contributed by atoms with van der Waals surface area (Å²) in [6.07, 6.45) is 0. The van der Waals surface area contributed by atoms with Gasteiger partial charge in [-0.2, -0.15) is 5.10 Å². The Bertz CT molecular complexity index is 819. The van der Waals surface area contributed by atoms with Crippen molar-refractivity contribution in [2.24, 2.45) is 5.10 Å². The van der Waals surface area contributed by atoms with Gasteiger partial charge < -0.3 is 5.32 Å². The third-order valence-corrected chi connectivity index (χ3v) is 3.65. The fourth-order valence-corrected chi connectivity index (χ4v) is 2.45. The molecule has 0 aliphatic rings. The van der Waals surface area contributed by atoms with E-state index in [-0.39, 0.29) is 16.5 Å². The minimum Gasteiger partial charge on any atom is -0.326 e. The molecule has 0 spiro atoms. The van der Waals surface area contributed by atoms with E-state index in [1.165, 1.54) is 19.1 Å². The first-order chi connectivity index (χ1) is 11.4. The summed E-state index contributed by atoms with van der Waals surface area (Å²) in [4.78, 5) is 23.2. The molecule has 2 aromatic carbocycles. The lowest BCUT2D eigenvalue weighted by atomic mass is 10.1. The molecule has 2 amide bonds. The summed E-state index contributed by atoms with van der Waals surface area (Å²) in [6, 6.07) is 11.7. The Labute approximate surface area is 149 Å². The molecule has 7 heteroatoms. The Balaban J connectivity index is 2.13. The van der Waals surface area contributed by atoms with Crippen molar-refractivity contribution in [2.75, 3.05) is 5.32 Å². The van der Waals surface area contributed by atoms with E-state index >= 15 is 0 Å². The van der Waals surface area contributed by atoms with E-state index in [0.717, 1.165) is 5.56 Å². The highest BCUT2D eigenvalue weighted by atomic mass is 35.5. The van der Waals surface area contributed by atoms with E-state index in [2.05, 4.69) is 15.8 Å².